The van der Waals surface area contributed by atoms with E-state index in [1.165, 1.54) is 0 Å². The Balaban J connectivity index is 0.00000271. The van der Waals surface area contributed by atoms with E-state index in [9.17, 15) is 19.2 Å². The van der Waals surface area contributed by atoms with Gasteiger partial charge in [0.2, 0.25) is 17.7 Å². The second kappa shape index (κ2) is 25.0. The summed E-state index contributed by atoms with van der Waals surface area (Å²) >= 11 is 5.27. The highest BCUT2D eigenvalue weighted by molar-refractivity contribution is 6.18. The molecule has 11 heteroatoms. The number of unbranched alkanes of at least 4 members (excludes halogenated alkanes) is 2. The first kappa shape index (κ1) is 38.2. The van der Waals surface area contributed by atoms with Crippen molar-refractivity contribution in [3.8, 4) is 0 Å². The topological polar surface area (TPSA) is 141 Å². The molecule has 10 nitrogen and oxygen atoms in total. The predicted molar refractivity (Wildman–Crippen MR) is 161 cm³/mol. The molecule has 0 saturated carbocycles. The number of rotatable bonds is 23. The maximum atomic E-state index is 12.1. The maximum absolute atomic E-state index is 12.1. The van der Waals surface area contributed by atoms with Gasteiger partial charge < -0.3 is 36.1 Å². The van der Waals surface area contributed by atoms with E-state index in [1.54, 1.807) is 6.92 Å². The number of Topliss-reactive ketones (excluding diaryl/α,β-unsaturated/α-hetero) is 1. The lowest BCUT2D eigenvalue weighted by atomic mass is 9.96. The fraction of sp³-hybridized carbons (Fsp3) is 0.862. The number of nitrogens with one attached hydrogen (secondary N) is 5. The Morgan fingerprint density at radius 1 is 0.775 bits per heavy atom. The lowest BCUT2D eigenvalue weighted by Crippen LogP contribution is -2.36. The quantitative estimate of drug-likeness (QED) is 0.0701. The molecule has 234 valence electrons. The van der Waals surface area contributed by atoms with Crippen LogP contribution in [0.3, 0.4) is 0 Å². The highest BCUT2D eigenvalue weighted by Gasteiger charge is 2.19. The third kappa shape index (κ3) is 26.5. The molecule has 1 rings (SSSR count). The molecule has 1 saturated heterocycles. The van der Waals surface area contributed by atoms with Crippen LogP contribution in [0.1, 0.15) is 91.9 Å². The van der Waals surface area contributed by atoms with Crippen LogP contribution in [0.15, 0.2) is 0 Å². The normalized spacial score (nSPS) is 16.1. The zero-order valence-electron chi connectivity index (χ0n) is 25.5. The Kier molecular flexibility index (Phi) is 23.9. The molecule has 0 bridgehead atoms. The van der Waals surface area contributed by atoms with Gasteiger partial charge in [-0.2, -0.15) is 0 Å². The summed E-state index contributed by atoms with van der Waals surface area (Å²) in [6, 6.07) is 0.631. The molecule has 0 radical (unpaired) electrons. The lowest BCUT2D eigenvalue weighted by molar-refractivity contribution is -0.123. The van der Waals surface area contributed by atoms with Gasteiger partial charge in [-0.05, 0) is 72.3 Å². The molecule has 1 heterocycles. The molecule has 0 aromatic rings. The minimum Gasteiger partial charge on any atom is -0.372 e. The molecule has 5 N–H and O–H groups in total. The molecule has 1 fully saturated rings. The van der Waals surface area contributed by atoms with Gasteiger partial charge in [0.05, 0.1) is 18.6 Å². The van der Waals surface area contributed by atoms with E-state index in [4.69, 9.17) is 16.3 Å². The van der Waals surface area contributed by atoms with Crippen LogP contribution in [0.25, 0.3) is 0 Å². The van der Waals surface area contributed by atoms with Gasteiger partial charge in [-0.1, -0.05) is 6.92 Å². The summed E-state index contributed by atoms with van der Waals surface area (Å²) in [5.74, 6) is 1.41. The summed E-state index contributed by atoms with van der Waals surface area (Å²) in [5.41, 5.74) is 0. The standard InChI is InChI=1S/C26H51N5O4.C3H5ClO/c1-20(18-21(2)27-5)19-22(3)31-26(35)13-9-8-12-25(34)30-17-15-28-14-16-29-24(33)11-7-6-10-23(4)32;4-1-3-2-5-3/h20-22,27-28H,6-19H2,1-5H3,(H,29,33)(H,30,34)(H,31,35);3H,1-2H2. The summed E-state index contributed by atoms with van der Waals surface area (Å²) in [6.45, 7) is 11.2. The zero-order chi connectivity index (χ0) is 30.2. The Labute approximate surface area is 247 Å². The number of hydrogen-bond acceptors (Lipinski definition) is 7. The molecule has 0 aromatic heterocycles. The van der Waals surface area contributed by atoms with Crippen LogP contribution >= 0.6 is 11.6 Å². The molecular formula is C29H56ClN5O5. The van der Waals surface area contributed by atoms with Gasteiger partial charge in [0.1, 0.15) is 5.78 Å². The second-order valence-corrected chi connectivity index (χ2v) is 11.2. The first-order valence-corrected chi connectivity index (χ1v) is 15.5. The summed E-state index contributed by atoms with van der Waals surface area (Å²) in [5, 5.41) is 15.2. The smallest absolute Gasteiger partial charge is 0.220 e. The minimum absolute atomic E-state index is 0.000473. The van der Waals surface area contributed by atoms with Crippen molar-refractivity contribution in [2.75, 3.05) is 45.7 Å². The van der Waals surface area contributed by atoms with Gasteiger partial charge in [-0.3, -0.25) is 14.4 Å². The fourth-order valence-electron chi connectivity index (χ4n) is 4.10. The molecule has 0 spiro atoms. The SMILES string of the molecule is CNC(C)CC(C)CC(C)NC(=O)CCCCC(=O)NCCNCCNC(=O)CCCCC(C)=O.ClCC1CO1. The molecule has 4 atom stereocenters. The van der Waals surface area contributed by atoms with Crippen molar-refractivity contribution in [3.63, 3.8) is 0 Å². The van der Waals surface area contributed by atoms with Gasteiger partial charge in [0.25, 0.3) is 0 Å². The number of halogens is 1. The average molecular weight is 590 g/mol. The number of ketones is 1. The number of hydrogen-bond donors (Lipinski definition) is 5. The van der Waals surface area contributed by atoms with Gasteiger partial charge >= 0.3 is 0 Å². The highest BCUT2D eigenvalue weighted by atomic mass is 35.5. The maximum Gasteiger partial charge on any atom is 0.220 e. The molecule has 40 heavy (non-hydrogen) atoms. The molecule has 0 aromatic carbocycles. The van der Waals surface area contributed by atoms with Crippen molar-refractivity contribution < 1.29 is 23.9 Å². The number of carbonyl (C=O) groups is 4. The van der Waals surface area contributed by atoms with Gasteiger partial charge in [-0.15, -0.1) is 11.6 Å². The van der Waals surface area contributed by atoms with Crippen LogP contribution in [0, 0.1) is 5.92 Å². The van der Waals surface area contributed by atoms with Crippen LogP contribution in [-0.4, -0.2) is 87.4 Å². The molecule has 4 unspecified atom stereocenters. The monoisotopic (exact) mass is 589 g/mol. The van der Waals surface area contributed by atoms with Gasteiger partial charge in [0, 0.05) is 63.9 Å². The van der Waals surface area contributed by atoms with E-state index in [1.807, 2.05) is 14.0 Å². The van der Waals surface area contributed by atoms with E-state index in [2.05, 4.69) is 40.4 Å². The third-order valence-electron chi connectivity index (χ3n) is 6.47. The molecular weight excluding hydrogens is 534 g/mol. The van der Waals surface area contributed by atoms with Gasteiger partial charge in [-0.25, -0.2) is 0 Å². The summed E-state index contributed by atoms with van der Waals surface area (Å²) in [4.78, 5) is 46.6. The first-order chi connectivity index (χ1) is 19.1. The van der Waals surface area contributed by atoms with E-state index < -0.39 is 0 Å². The number of ether oxygens (including phenoxy) is 1. The fourth-order valence-corrected chi connectivity index (χ4v) is 4.28. The van der Waals surface area contributed by atoms with E-state index in [-0.39, 0.29) is 29.5 Å². The van der Waals surface area contributed by atoms with Crippen molar-refractivity contribution in [1.82, 2.24) is 26.6 Å². The molecule has 1 aliphatic heterocycles. The third-order valence-corrected chi connectivity index (χ3v) is 6.82. The summed E-state index contributed by atoms with van der Waals surface area (Å²) < 4.78 is 4.73. The lowest BCUT2D eigenvalue weighted by Gasteiger charge is -2.21. The Bertz CT molecular complexity index is 708. The predicted octanol–water partition coefficient (Wildman–Crippen LogP) is 2.67. The number of epoxide rings is 1. The Hall–Kier alpha value is -1.75. The minimum atomic E-state index is -0.00748. The highest BCUT2D eigenvalue weighted by Crippen LogP contribution is 2.13. The number of alkyl halides is 1. The van der Waals surface area contributed by atoms with Crippen LogP contribution in [0.5, 0.6) is 0 Å². The van der Waals surface area contributed by atoms with E-state index in [0.717, 1.165) is 32.3 Å². The number of amides is 3. The van der Waals surface area contributed by atoms with Crippen LogP contribution in [0.2, 0.25) is 0 Å². The largest absolute Gasteiger partial charge is 0.372 e. The van der Waals surface area contributed by atoms with Crippen molar-refractivity contribution in [2.24, 2.45) is 5.92 Å². The number of carbonyl (C=O) groups excluding carboxylic acids is 4. The van der Waals surface area contributed by atoms with Crippen molar-refractivity contribution in [3.05, 3.63) is 0 Å². The Morgan fingerprint density at radius 3 is 1.68 bits per heavy atom. The first-order valence-electron chi connectivity index (χ1n) is 14.9. The summed E-state index contributed by atoms with van der Waals surface area (Å²) in [7, 11) is 1.97. The molecule has 3 amide bonds. The van der Waals surface area contributed by atoms with Crippen LogP contribution < -0.4 is 26.6 Å². The van der Waals surface area contributed by atoms with Crippen molar-refractivity contribution >= 4 is 35.1 Å². The van der Waals surface area contributed by atoms with E-state index >= 15 is 0 Å². The Morgan fingerprint density at radius 2 is 1.25 bits per heavy atom. The van der Waals surface area contributed by atoms with Crippen LogP contribution in [0.4, 0.5) is 0 Å². The second-order valence-electron chi connectivity index (χ2n) is 10.9. The van der Waals surface area contributed by atoms with Crippen molar-refractivity contribution in [2.45, 2.75) is 110 Å². The van der Waals surface area contributed by atoms with Crippen molar-refractivity contribution in [1.29, 1.82) is 0 Å². The summed E-state index contributed by atoms with van der Waals surface area (Å²) in [6.07, 6.45) is 7.16. The zero-order valence-corrected chi connectivity index (χ0v) is 26.3. The average Bonchev–Trinajstić information content (AvgIpc) is 3.73. The molecule has 1 aliphatic rings. The van der Waals surface area contributed by atoms with Gasteiger partial charge in [0.15, 0.2) is 0 Å². The van der Waals surface area contributed by atoms with E-state index in [0.29, 0.717) is 88.6 Å². The molecule has 0 aliphatic carbocycles. The van der Waals surface area contributed by atoms with Crippen LogP contribution in [-0.2, 0) is 23.9 Å².